The Hall–Kier alpha value is -4.08. The Kier molecular flexibility index (Phi) is 10.7. The molecule has 3 aromatic carbocycles. The first kappa shape index (κ1) is 31.4. The molecule has 218 valence electrons. The van der Waals surface area contributed by atoms with Crippen LogP contribution in [-0.4, -0.2) is 60.2 Å². The number of nitrogens with one attached hydrogen (secondary N) is 2. The van der Waals surface area contributed by atoms with Gasteiger partial charge in [-0.2, -0.15) is 0 Å². The number of methoxy groups -OCH3 is 1. The topological polar surface area (TPSA) is 134 Å². The maximum Gasteiger partial charge on any atom is 0.338 e. The van der Waals surface area contributed by atoms with Crippen molar-refractivity contribution in [1.82, 2.24) is 10.6 Å². The van der Waals surface area contributed by atoms with Gasteiger partial charge in [-0.3, -0.25) is 9.59 Å². The third-order valence-electron chi connectivity index (χ3n) is 6.97. The average molecular weight is 583 g/mol. The van der Waals surface area contributed by atoms with E-state index in [-0.39, 0.29) is 46.9 Å². The Morgan fingerprint density at radius 2 is 1.59 bits per heavy atom. The predicted molar refractivity (Wildman–Crippen MR) is 157 cm³/mol. The lowest BCUT2D eigenvalue weighted by Crippen LogP contribution is -2.49. The van der Waals surface area contributed by atoms with Crippen LogP contribution in [0.2, 0.25) is 0 Å². The molecule has 1 saturated heterocycles. The van der Waals surface area contributed by atoms with E-state index in [1.54, 1.807) is 18.2 Å². The van der Waals surface area contributed by atoms with Gasteiger partial charge in [0.1, 0.15) is 23.4 Å². The number of rotatable bonds is 8. The second-order valence-corrected chi connectivity index (χ2v) is 10.1. The first-order valence-electron chi connectivity index (χ1n) is 13.2. The average Bonchev–Trinajstić information content (AvgIpc) is 3.17. The molecule has 2 atom stereocenters. The molecule has 1 fully saturated rings. The Bertz CT molecular complexity index is 1390. The number of hydrogen-bond donors (Lipinski definition) is 4. The molecule has 1 amide bonds. The molecular weight excluding hydrogens is 548 g/mol. The van der Waals surface area contributed by atoms with Gasteiger partial charge < -0.3 is 30.3 Å². The predicted octanol–water partition coefficient (Wildman–Crippen LogP) is 4.59. The molecule has 0 saturated carbocycles. The first-order valence-corrected chi connectivity index (χ1v) is 13.2. The van der Waals surface area contributed by atoms with E-state index in [9.17, 15) is 24.6 Å². The van der Waals surface area contributed by atoms with Gasteiger partial charge in [-0.05, 0) is 79.4 Å². The molecule has 1 aliphatic rings. The Morgan fingerprint density at radius 3 is 2.27 bits per heavy atom. The van der Waals surface area contributed by atoms with Crippen molar-refractivity contribution in [3.63, 3.8) is 0 Å². The fraction of sp³-hybridized carbons (Fsp3) is 0.323. The van der Waals surface area contributed by atoms with E-state index >= 15 is 0 Å². The smallest absolute Gasteiger partial charge is 0.338 e. The zero-order chi connectivity index (χ0) is 28.8. The summed E-state index contributed by atoms with van der Waals surface area (Å²) in [4.78, 5) is 39.0. The number of phenols is 2. The molecule has 0 spiro atoms. The number of carbonyl (C=O) groups is 3. The summed E-state index contributed by atoms with van der Waals surface area (Å²) >= 11 is 0. The molecule has 0 bridgehead atoms. The molecule has 41 heavy (non-hydrogen) atoms. The van der Waals surface area contributed by atoms with E-state index < -0.39 is 23.9 Å². The van der Waals surface area contributed by atoms with E-state index in [0.717, 1.165) is 13.0 Å². The molecule has 10 heteroatoms. The number of amides is 1. The molecule has 3 aromatic rings. The summed E-state index contributed by atoms with van der Waals surface area (Å²) in [5.41, 5.74) is 1.73. The SMILES string of the molecule is COc1ccc(O)c(C(=O)c2ccc(C(=O)O[C@@H]3CCCNC[C@H]3NC(=O)c3ccc(O)c(C(C)C)c3)cc2)c1.Cl. The molecule has 4 N–H and O–H groups in total. The number of carbonyl (C=O) groups excluding carboxylic acids is 3. The van der Waals surface area contributed by atoms with Crippen LogP contribution in [0, 0.1) is 0 Å². The van der Waals surface area contributed by atoms with Crippen molar-refractivity contribution in [2.24, 2.45) is 0 Å². The molecule has 0 aromatic heterocycles. The number of ketones is 1. The van der Waals surface area contributed by atoms with Crippen molar-refractivity contribution in [3.05, 3.63) is 88.5 Å². The third-order valence-corrected chi connectivity index (χ3v) is 6.97. The fourth-order valence-corrected chi connectivity index (χ4v) is 4.66. The minimum atomic E-state index is -0.568. The first-order chi connectivity index (χ1) is 19.2. The molecule has 1 heterocycles. The van der Waals surface area contributed by atoms with Gasteiger partial charge in [-0.15, -0.1) is 12.4 Å². The van der Waals surface area contributed by atoms with Crippen LogP contribution >= 0.6 is 12.4 Å². The molecule has 0 unspecified atom stereocenters. The third kappa shape index (κ3) is 7.56. The summed E-state index contributed by atoms with van der Waals surface area (Å²) in [6.07, 6.45) is 0.754. The van der Waals surface area contributed by atoms with Crippen molar-refractivity contribution < 1.29 is 34.1 Å². The van der Waals surface area contributed by atoms with E-state index in [1.807, 2.05) is 13.8 Å². The van der Waals surface area contributed by atoms with Crippen molar-refractivity contribution in [3.8, 4) is 17.2 Å². The largest absolute Gasteiger partial charge is 0.508 e. The van der Waals surface area contributed by atoms with Crippen molar-refractivity contribution in [2.75, 3.05) is 20.2 Å². The number of ether oxygens (including phenoxy) is 2. The van der Waals surface area contributed by atoms with Gasteiger partial charge in [0.15, 0.2) is 5.78 Å². The van der Waals surface area contributed by atoms with E-state index in [4.69, 9.17) is 9.47 Å². The maximum atomic E-state index is 13.1. The summed E-state index contributed by atoms with van der Waals surface area (Å²) < 4.78 is 11.0. The van der Waals surface area contributed by atoms with E-state index in [0.29, 0.717) is 35.4 Å². The molecule has 1 aliphatic heterocycles. The zero-order valence-electron chi connectivity index (χ0n) is 23.2. The summed E-state index contributed by atoms with van der Waals surface area (Å²) in [5, 5.41) is 26.5. The number of benzene rings is 3. The van der Waals surface area contributed by atoms with Crippen molar-refractivity contribution in [1.29, 1.82) is 0 Å². The van der Waals surface area contributed by atoms with Gasteiger partial charge in [-0.25, -0.2) is 4.79 Å². The highest BCUT2D eigenvalue weighted by Crippen LogP contribution is 2.27. The Labute approximate surface area is 245 Å². The molecular formula is C31H35ClN2O7. The standard InChI is InChI=1S/C31H34N2O7.ClH/c1-18(2)23-15-21(10-12-26(23)34)30(37)33-25-17-32-14-4-5-28(25)40-31(38)20-8-6-19(7-9-20)29(36)24-16-22(39-3)11-13-27(24)35;/h6-13,15-16,18,25,28,32,34-35H,4-5,14,17H2,1-3H3,(H,33,37);1H/t25-,28-;/m1./s1. The number of esters is 1. The Balaban J connectivity index is 0.00000462. The lowest BCUT2D eigenvalue weighted by Gasteiger charge is -2.26. The van der Waals surface area contributed by atoms with Gasteiger partial charge in [0.25, 0.3) is 5.91 Å². The molecule has 0 aliphatic carbocycles. The van der Waals surface area contributed by atoms with Gasteiger partial charge in [0.05, 0.1) is 24.3 Å². The van der Waals surface area contributed by atoms with Gasteiger partial charge in [-0.1, -0.05) is 26.0 Å². The minimum Gasteiger partial charge on any atom is -0.508 e. The summed E-state index contributed by atoms with van der Waals surface area (Å²) in [6.45, 7) is 5.03. The second-order valence-electron chi connectivity index (χ2n) is 10.1. The number of aromatic hydroxyl groups is 2. The second kappa shape index (κ2) is 14.0. The lowest BCUT2D eigenvalue weighted by molar-refractivity contribution is 0.0192. The van der Waals surface area contributed by atoms with Gasteiger partial charge in [0, 0.05) is 17.7 Å². The van der Waals surface area contributed by atoms with Crippen LogP contribution in [0.4, 0.5) is 0 Å². The van der Waals surface area contributed by atoms with Crippen LogP contribution < -0.4 is 15.4 Å². The van der Waals surface area contributed by atoms with Gasteiger partial charge in [0.2, 0.25) is 0 Å². The van der Waals surface area contributed by atoms with Gasteiger partial charge >= 0.3 is 5.97 Å². The molecule has 9 nitrogen and oxygen atoms in total. The summed E-state index contributed by atoms with van der Waals surface area (Å²) in [7, 11) is 1.47. The quantitative estimate of drug-likeness (QED) is 0.224. The summed E-state index contributed by atoms with van der Waals surface area (Å²) in [5.74, 6) is -0.847. The van der Waals surface area contributed by atoms with Crippen molar-refractivity contribution in [2.45, 2.75) is 44.8 Å². The monoisotopic (exact) mass is 582 g/mol. The van der Waals surface area contributed by atoms with Crippen molar-refractivity contribution >= 4 is 30.1 Å². The highest BCUT2D eigenvalue weighted by Gasteiger charge is 2.29. The lowest BCUT2D eigenvalue weighted by atomic mass is 9.99. The van der Waals surface area contributed by atoms with E-state index in [2.05, 4.69) is 10.6 Å². The number of phenolic OH excluding ortho intramolecular Hbond substituents is 2. The fourth-order valence-electron chi connectivity index (χ4n) is 4.66. The number of halogens is 1. The number of hydrogen-bond acceptors (Lipinski definition) is 8. The maximum absolute atomic E-state index is 13.1. The van der Waals surface area contributed by atoms with Crippen LogP contribution in [0.5, 0.6) is 17.2 Å². The van der Waals surface area contributed by atoms with Crippen LogP contribution in [0.15, 0.2) is 60.7 Å². The zero-order valence-corrected chi connectivity index (χ0v) is 24.0. The highest BCUT2D eigenvalue weighted by molar-refractivity contribution is 6.11. The van der Waals surface area contributed by atoms with E-state index in [1.165, 1.54) is 49.6 Å². The normalized spacial score (nSPS) is 16.7. The van der Waals surface area contributed by atoms with Crippen LogP contribution in [0.25, 0.3) is 0 Å². The van der Waals surface area contributed by atoms with Crippen LogP contribution in [0.1, 0.15) is 74.8 Å². The Morgan fingerprint density at radius 1 is 0.927 bits per heavy atom. The van der Waals surface area contributed by atoms with Crippen LogP contribution in [0.3, 0.4) is 0 Å². The molecule has 0 radical (unpaired) electrons. The molecule has 4 rings (SSSR count). The minimum absolute atomic E-state index is 0. The van der Waals surface area contributed by atoms with Crippen LogP contribution in [-0.2, 0) is 4.74 Å². The summed E-state index contributed by atoms with van der Waals surface area (Å²) in [6, 6.07) is 14.7. The highest BCUT2D eigenvalue weighted by atomic mass is 35.5.